The largest absolute Gasteiger partial charge is 0.494 e. The number of rotatable bonds is 6. The summed E-state index contributed by atoms with van der Waals surface area (Å²) in [5, 5.41) is 0. The zero-order valence-electron chi connectivity index (χ0n) is 10.7. The second-order valence-corrected chi connectivity index (χ2v) is 4.15. The van der Waals surface area contributed by atoms with Gasteiger partial charge >= 0.3 is 0 Å². The van der Waals surface area contributed by atoms with Gasteiger partial charge in [0.25, 0.3) is 0 Å². The first-order valence-electron chi connectivity index (χ1n) is 6.12. The van der Waals surface area contributed by atoms with Gasteiger partial charge in [-0.25, -0.2) is 0 Å². The maximum Gasteiger partial charge on any atom is 0.122 e. The highest BCUT2D eigenvalue weighted by molar-refractivity contribution is 5.43. The first kappa shape index (κ1) is 13.0. The predicted molar refractivity (Wildman–Crippen MR) is 69.1 cm³/mol. The zero-order chi connectivity index (χ0) is 12.0. The van der Waals surface area contributed by atoms with Gasteiger partial charge in [-0.2, -0.15) is 0 Å². The van der Waals surface area contributed by atoms with Crippen LogP contribution in [0, 0.1) is 13.8 Å². The average molecular weight is 221 g/mol. The molecule has 0 unspecified atom stereocenters. The summed E-state index contributed by atoms with van der Waals surface area (Å²) in [5.41, 5.74) is 9.56. The maximum atomic E-state index is 5.58. The molecule has 0 atom stereocenters. The fraction of sp³-hybridized carbons (Fsp3) is 0.571. The van der Waals surface area contributed by atoms with E-state index in [1.807, 2.05) is 6.92 Å². The Morgan fingerprint density at radius 2 is 1.88 bits per heavy atom. The van der Waals surface area contributed by atoms with Crippen molar-refractivity contribution in [1.29, 1.82) is 0 Å². The van der Waals surface area contributed by atoms with Crippen LogP contribution < -0.4 is 10.5 Å². The van der Waals surface area contributed by atoms with E-state index in [1.54, 1.807) is 0 Å². The van der Waals surface area contributed by atoms with Crippen molar-refractivity contribution in [2.75, 3.05) is 13.2 Å². The van der Waals surface area contributed by atoms with Crippen LogP contribution in [0.4, 0.5) is 0 Å². The van der Waals surface area contributed by atoms with E-state index in [9.17, 15) is 0 Å². The van der Waals surface area contributed by atoms with Crippen molar-refractivity contribution in [3.8, 4) is 5.75 Å². The Morgan fingerprint density at radius 1 is 1.12 bits per heavy atom. The lowest BCUT2D eigenvalue weighted by Crippen LogP contribution is -2.01. The molecular formula is C14H23NO. The molecule has 0 saturated carbocycles. The number of hydrogen-bond donors (Lipinski definition) is 1. The van der Waals surface area contributed by atoms with Gasteiger partial charge in [-0.15, -0.1) is 0 Å². The third-order valence-electron chi connectivity index (χ3n) is 3.05. The standard InChI is InChI=1S/C14H23NO/c1-4-16-14-9-8-13(7-5-6-10-15)11(2)12(14)3/h8-9H,4-7,10,15H2,1-3H3. The van der Waals surface area contributed by atoms with Gasteiger partial charge in [0.1, 0.15) is 5.75 Å². The molecule has 90 valence electrons. The minimum atomic E-state index is 0.729. The number of nitrogens with two attached hydrogens (primary N) is 1. The van der Waals surface area contributed by atoms with Gasteiger partial charge in [0, 0.05) is 0 Å². The molecule has 1 rings (SSSR count). The first-order chi connectivity index (χ1) is 7.70. The Kier molecular flexibility index (Phi) is 5.33. The Labute approximate surface area is 98.8 Å². The predicted octanol–water partition coefficient (Wildman–Crippen LogP) is 2.98. The van der Waals surface area contributed by atoms with E-state index in [2.05, 4.69) is 26.0 Å². The lowest BCUT2D eigenvalue weighted by Gasteiger charge is -2.13. The van der Waals surface area contributed by atoms with Crippen molar-refractivity contribution < 1.29 is 4.74 Å². The molecule has 0 saturated heterocycles. The van der Waals surface area contributed by atoms with E-state index < -0.39 is 0 Å². The molecule has 0 aliphatic carbocycles. The van der Waals surface area contributed by atoms with E-state index in [4.69, 9.17) is 10.5 Å². The lowest BCUT2D eigenvalue weighted by atomic mass is 9.98. The Bertz CT molecular complexity index is 334. The molecule has 0 spiro atoms. The van der Waals surface area contributed by atoms with Crippen molar-refractivity contribution in [2.24, 2.45) is 5.73 Å². The fourth-order valence-corrected chi connectivity index (χ4v) is 1.89. The van der Waals surface area contributed by atoms with Crippen molar-refractivity contribution in [2.45, 2.75) is 40.0 Å². The third-order valence-corrected chi connectivity index (χ3v) is 3.05. The minimum absolute atomic E-state index is 0.729. The van der Waals surface area contributed by atoms with Crippen LogP contribution >= 0.6 is 0 Å². The summed E-state index contributed by atoms with van der Waals surface area (Å²) in [6, 6.07) is 4.27. The zero-order valence-corrected chi connectivity index (χ0v) is 10.7. The van der Waals surface area contributed by atoms with Gasteiger partial charge in [-0.3, -0.25) is 0 Å². The summed E-state index contributed by atoms with van der Waals surface area (Å²) in [6.45, 7) is 7.84. The van der Waals surface area contributed by atoms with Crippen molar-refractivity contribution in [3.05, 3.63) is 28.8 Å². The van der Waals surface area contributed by atoms with Crippen LogP contribution in [0.25, 0.3) is 0 Å². The number of hydrogen-bond acceptors (Lipinski definition) is 2. The number of benzene rings is 1. The molecule has 0 heterocycles. The maximum absolute atomic E-state index is 5.58. The summed E-state index contributed by atoms with van der Waals surface area (Å²) in [6.07, 6.45) is 3.40. The molecule has 2 heteroatoms. The van der Waals surface area contributed by atoms with E-state index >= 15 is 0 Å². The molecule has 1 aromatic rings. The summed E-state index contributed by atoms with van der Waals surface area (Å²) in [7, 11) is 0. The first-order valence-corrected chi connectivity index (χ1v) is 6.12. The lowest BCUT2D eigenvalue weighted by molar-refractivity contribution is 0.337. The van der Waals surface area contributed by atoms with Gasteiger partial charge in [0.2, 0.25) is 0 Å². The summed E-state index contributed by atoms with van der Waals surface area (Å²) in [4.78, 5) is 0. The van der Waals surface area contributed by atoms with Crippen LogP contribution in [0.2, 0.25) is 0 Å². The molecule has 16 heavy (non-hydrogen) atoms. The monoisotopic (exact) mass is 221 g/mol. The van der Waals surface area contributed by atoms with Gasteiger partial charge in [0.15, 0.2) is 0 Å². The van der Waals surface area contributed by atoms with E-state index in [0.717, 1.165) is 31.7 Å². The highest BCUT2D eigenvalue weighted by atomic mass is 16.5. The number of unbranched alkanes of at least 4 members (excludes halogenated alkanes) is 1. The van der Waals surface area contributed by atoms with Gasteiger partial charge in [0.05, 0.1) is 6.61 Å². The normalized spacial score (nSPS) is 10.5. The second kappa shape index (κ2) is 6.54. The molecule has 0 bridgehead atoms. The highest BCUT2D eigenvalue weighted by Gasteiger charge is 2.06. The van der Waals surface area contributed by atoms with Gasteiger partial charge in [-0.05, 0) is 69.3 Å². The Hall–Kier alpha value is -1.02. The van der Waals surface area contributed by atoms with Crippen LogP contribution in [-0.2, 0) is 6.42 Å². The fourth-order valence-electron chi connectivity index (χ4n) is 1.89. The number of ether oxygens (including phenoxy) is 1. The van der Waals surface area contributed by atoms with Crippen molar-refractivity contribution in [3.63, 3.8) is 0 Å². The number of aryl methyl sites for hydroxylation is 1. The molecule has 2 N–H and O–H groups in total. The minimum Gasteiger partial charge on any atom is -0.494 e. The molecule has 0 amide bonds. The van der Waals surface area contributed by atoms with Crippen LogP contribution in [0.5, 0.6) is 5.75 Å². The van der Waals surface area contributed by atoms with Crippen LogP contribution in [0.1, 0.15) is 36.5 Å². The van der Waals surface area contributed by atoms with Crippen LogP contribution in [0.15, 0.2) is 12.1 Å². The Balaban J connectivity index is 2.76. The van der Waals surface area contributed by atoms with Gasteiger partial charge < -0.3 is 10.5 Å². The quantitative estimate of drug-likeness (QED) is 0.749. The average Bonchev–Trinajstić information content (AvgIpc) is 2.28. The third kappa shape index (κ3) is 3.24. The topological polar surface area (TPSA) is 35.2 Å². The van der Waals surface area contributed by atoms with Crippen LogP contribution in [-0.4, -0.2) is 13.2 Å². The smallest absolute Gasteiger partial charge is 0.122 e. The highest BCUT2D eigenvalue weighted by Crippen LogP contribution is 2.25. The second-order valence-electron chi connectivity index (χ2n) is 4.15. The molecule has 0 aliphatic heterocycles. The SMILES string of the molecule is CCOc1ccc(CCCCN)c(C)c1C. The molecule has 0 aromatic heterocycles. The molecule has 0 radical (unpaired) electrons. The van der Waals surface area contributed by atoms with Crippen LogP contribution in [0.3, 0.4) is 0 Å². The Morgan fingerprint density at radius 3 is 2.50 bits per heavy atom. The summed E-state index contributed by atoms with van der Waals surface area (Å²) >= 11 is 0. The van der Waals surface area contributed by atoms with Crippen molar-refractivity contribution >= 4 is 0 Å². The molecule has 1 aromatic carbocycles. The molecule has 2 nitrogen and oxygen atoms in total. The molecular weight excluding hydrogens is 198 g/mol. The summed E-state index contributed by atoms with van der Waals surface area (Å²) < 4.78 is 5.58. The molecule has 0 aliphatic rings. The van der Waals surface area contributed by atoms with E-state index in [-0.39, 0.29) is 0 Å². The molecule has 0 fully saturated rings. The van der Waals surface area contributed by atoms with Crippen molar-refractivity contribution in [1.82, 2.24) is 0 Å². The van der Waals surface area contributed by atoms with Gasteiger partial charge in [-0.1, -0.05) is 6.07 Å². The van der Waals surface area contributed by atoms with E-state index in [0.29, 0.717) is 0 Å². The summed E-state index contributed by atoms with van der Waals surface area (Å²) in [5.74, 6) is 1.02. The van der Waals surface area contributed by atoms with E-state index in [1.165, 1.54) is 23.1 Å².